The average Bonchev–Trinajstić information content (AvgIpc) is 2.49. The van der Waals surface area contributed by atoms with Gasteiger partial charge in [-0.1, -0.05) is 6.92 Å². The zero-order chi connectivity index (χ0) is 12.5. The lowest BCUT2D eigenvalue weighted by Gasteiger charge is -2.40. The minimum Gasteiger partial charge on any atom is -0.329 e. The van der Waals surface area contributed by atoms with Crippen LogP contribution in [0.4, 0.5) is 0 Å². The van der Waals surface area contributed by atoms with Crippen molar-refractivity contribution in [3.63, 3.8) is 0 Å². The summed E-state index contributed by atoms with van der Waals surface area (Å²) in [7, 11) is 2.24. The van der Waals surface area contributed by atoms with Gasteiger partial charge in [-0.2, -0.15) is 0 Å². The van der Waals surface area contributed by atoms with Crippen LogP contribution >= 0.6 is 0 Å². The molecule has 0 bridgehead atoms. The van der Waals surface area contributed by atoms with Crippen molar-refractivity contribution in [2.45, 2.75) is 51.1 Å². The fraction of sp³-hybridized carbons (Fsp3) is 1.00. The second-order valence-corrected chi connectivity index (χ2v) is 6.42. The highest BCUT2D eigenvalue weighted by Crippen LogP contribution is 2.33. The van der Waals surface area contributed by atoms with E-state index in [1.54, 1.807) is 0 Å². The van der Waals surface area contributed by atoms with Gasteiger partial charge in [0.15, 0.2) is 0 Å². The third-order valence-corrected chi connectivity index (χ3v) is 5.04. The first-order chi connectivity index (χ1) is 8.07. The van der Waals surface area contributed by atoms with E-state index in [2.05, 4.69) is 30.7 Å². The minimum atomic E-state index is 0.262. The lowest BCUT2D eigenvalue weighted by atomic mass is 9.93. The van der Waals surface area contributed by atoms with E-state index in [9.17, 15) is 0 Å². The van der Waals surface area contributed by atoms with Crippen molar-refractivity contribution in [1.82, 2.24) is 9.80 Å². The Kier molecular flexibility index (Phi) is 4.11. The number of hydrogen-bond acceptors (Lipinski definition) is 3. The monoisotopic (exact) mass is 239 g/mol. The quantitative estimate of drug-likeness (QED) is 0.793. The summed E-state index contributed by atoms with van der Waals surface area (Å²) in [4.78, 5) is 5.18. The Labute approximate surface area is 106 Å². The standard InChI is InChI=1S/C14H29N3/c1-12-5-4-7-17(8-6-12)14(10-15)9-13(2)16(3)11-14/h12-13H,4-11,15H2,1-3H3. The van der Waals surface area contributed by atoms with E-state index in [1.807, 2.05) is 0 Å². The summed E-state index contributed by atoms with van der Waals surface area (Å²) in [5.41, 5.74) is 6.40. The summed E-state index contributed by atoms with van der Waals surface area (Å²) in [6, 6.07) is 0.680. The van der Waals surface area contributed by atoms with Gasteiger partial charge >= 0.3 is 0 Å². The van der Waals surface area contributed by atoms with Gasteiger partial charge in [0.05, 0.1) is 0 Å². The normalized spacial score (nSPS) is 41.6. The van der Waals surface area contributed by atoms with Gasteiger partial charge in [0.2, 0.25) is 0 Å². The van der Waals surface area contributed by atoms with E-state index in [0.29, 0.717) is 6.04 Å². The Bertz CT molecular complexity index is 244. The molecule has 0 spiro atoms. The van der Waals surface area contributed by atoms with Gasteiger partial charge in [-0.3, -0.25) is 4.90 Å². The highest BCUT2D eigenvalue weighted by atomic mass is 15.3. The van der Waals surface area contributed by atoms with Gasteiger partial charge in [0, 0.05) is 24.7 Å². The lowest BCUT2D eigenvalue weighted by molar-refractivity contribution is 0.105. The number of likely N-dealkylation sites (tertiary alicyclic amines) is 2. The maximum Gasteiger partial charge on any atom is 0.0473 e. The first-order valence-electron chi connectivity index (χ1n) is 7.23. The Hall–Kier alpha value is -0.120. The average molecular weight is 239 g/mol. The molecule has 17 heavy (non-hydrogen) atoms. The Morgan fingerprint density at radius 3 is 2.59 bits per heavy atom. The summed E-state index contributed by atoms with van der Waals surface area (Å²) in [5.74, 6) is 0.895. The van der Waals surface area contributed by atoms with E-state index < -0.39 is 0 Å². The third-order valence-electron chi connectivity index (χ3n) is 5.04. The Morgan fingerprint density at radius 1 is 1.24 bits per heavy atom. The molecule has 2 N–H and O–H groups in total. The molecule has 3 atom stereocenters. The van der Waals surface area contributed by atoms with Crippen LogP contribution in [0.1, 0.15) is 39.5 Å². The molecule has 0 aromatic carbocycles. The summed E-state index contributed by atoms with van der Waals surface area (Å²) in [6.45, 7) is 9.19. The second-order valence-electron chi connectivity index (χ2n) is 6.42. The van der Waals surface area contributed by atoms with Gasteiger partial charge in [0.25, 0.3) is 0 Å². The van der Waals surface area contributed by atoms with Crippen LogP contribution in [0.25, 0.3) is 0 Å². The smallest absolute Gasteiger partial charge is 0.0473 e. The predicted molar refractivity (Wildman–Crippen MR) is 73.1 cm³/mol. The van der Waals surface area contributed by atoms with E-state index >= 15 is 0 Å². The number of nitrogens with two attached hydrogens (primary N) is 1. The van der Waals surface area contributed by atoms with Crippen LogP contribution in [0, 0.1) is 5.92 Å². The van der Waals surface area contributed by atoms with Crippen molar-refractivity contribution in [1.29, 1.82) is 0 Å². The van der Waals surface area contributed by atoms with Crippen LogP contribution in [0.5, 0.6) is 0 Å². The first-order valence-corrected chi connectivity index (χ1v) is 7.23. The SMILES string of the molecule is CC1CCCN(C2(CN)CC(C)N(C)C2)CC1. The first kappa shape index (κ1) is 13.3. The Morgan fingerprint density at radius 2 is 2.00 bits per heavy atom. The summed E-state index contributed by atoms with van der Waals surface area (Å²) >= 11 is 0. The molecule has 2 aliphatic rings. The molecule has 3 heteroatoms. The molecular weight excluding hydrogens is 210 g/mol. The molecular formula is C14H29N3. The Balaban J connectivity index is 2.07. The van der Waals surface area contributed by atoms with Crippen LogP contribution in [0.15, 0.2) is 0 Å². The fourth-order valence-electron chi connectivity index (χ4n) is 3.63. The maximum absolute atomic E-state index is 6.14. The molecule has 2 heterocycles. The van der Waals surface area contributed by atoms with Crippen molar-refractivity contribution < 1.29 is 0 Å². The molecule has 100 valence electrons. The van der Waals surface area contributed by atoms with E-state index in [0.717, 1.165) is 19.0 Å². The third kappa shape index (κ3) is 2.67. The summed E-state index contributed by atoms with van der Waals surface area (Å²) in [6.07, 6.45) is 5.33. The van der Waals surface area contributed by atoms with Crippen LogP contribution in [0.3, 0.4) is 0 Å². The predicted octanol–water partition coefficient (Wildman–Crippen LogP) is 1.53. The molecule has 0 amide bonds. The molecule has 2 aliphatic heterocycles. The van der Waals surface area contributed by atoms with E-state index in [1.165, 1.54) is 38.8 Å². The molecule has 3 unspecified atom stereocenters. The van der Waals surface area contributed by atoms with Gasteiger partial charge < -0.3 is 10.6 Å². The lowest BCUT2D eigenvalue weighted by Crippen LogP contribution is -2.55. The van der Waals surface area contributed by atoms with Gasteiger partial charge in [-0.15, -0.1) is 0 Å². The molecule has 0 radical (unpaired) electrons. The molecule has 0 saturated carbocycles. The van der Waals surface area contributed by atoms with Crippen molar-refractivity contribution in [3.05, 3.63) is 0 Å². The molecule has 3 nitrogen and oxygen atoms in total. The van der Waals surface area contributed by atoms with Crippen molar-refractivity contribution in [2.24, 2.45) is 11.7 Å². The second kappa shape index (κ2) is 5.25. The number of likely N-dealkylation sites (N-methyl/N-ethyl adjacent to an activating group) is 1. The van der Waals surface area contributed by atoms with Crippen LogP contribution in [-0.2, 0) is 0 Å². The molecule has 2 rings (SSSR count). The van der Waals surface area contributed by atoms with Crippen molar-refractivity contribution in [2.75, 3.05) is 33.2 Å². The molecule has 0 aromatic heterocycles. The van der Waals surface area contributed by atoms with Crippen LogP contribution in [0.2, 0.25) is 0 Å². The van der Waals surface area contributed by atoms with Crippen LogP contribution in [-0.4, -0.2) is 54.6 Å². The van der Waals surface area contributed by atoms with E-state index in [4.69, 9.17) is 5.73 Å². The van der Waals surface area contributed by atoms with Crippen LogP contribution < -0.4 is 5.73 Å². The topological polar surface area (TPSA) is 32.5 Å². The number of hydrogen-bond donors (Lipinski definition) is 1. The molecule has 2 saturated heterocycles. The zero-order valence-electron chi connectivity index (χ0n) is 11.8. The maximum atomic E-state index is 6.14. The van der Waals surface area contributed by atoms with Gasteiger partial charge in [-0.25, -0.2) is 0 Å². The van der Waals surface area contributed by atoms with Gasteiger partial charge in [-0.05, 0) is 58.7 Å². The highest BCUT2D eigenvalue weighted by molar-refractivity contribution is 5.02. The zero-order valence-corrected chi connectivity index (χ0v) is 11.8. The van der Waals surface area contributed by atoms with E-state index in [-0.39, 0.29) is 5.54 Å². The number of rotatable bonds is 2. The molecule has 2 fully saturated rings. The molecule has 0 aromatic rings. The summed E-state index contributed by atoms with van der Waals surface area (Å²) < 4.78 is 0. The number of nitrogens with zero attached hydrogens (tertiary/aromatic N) is 2. The largest absolute Gasteiger partial charge is 0.329 e. The van der Waals surface area contributed by atoms with Gasteiger partial charge in [0.1, 0.15) is 0 Å². The van der Waals surface area contributed by atoms with Crippen molar-refractivity contribution in [3.8, 4) is 0 Å². The molecule has 0 aliphatic carbocycles. The summed E-state index contributed by atoms with van der Waals surface area (Å²) in [5, 5.41) is 0. The fourth-order valence-corrected chi connectivity index (χ4v) is 3.63. The van der Waals surface area contributed by atoms with Crippen molar-refractivity contribution >= 4 is 0 Å². The highest BCUT2D eigenvalue weighted by Gasteiger charge is 2.44. The minimum absolute atomic E-state index is 0.262.